The van der Waals surface area contributed by atoms with Crippen molar-refractivity contribution in [3.63, 3.8) is 0 Å². The van der Waals surface area contributed by atoms with Crippen LogP contribution in [-0.4, -0.2) is 53.2 Å². The Kier molecular flexibility index (Phi) is 6.72. The fourth-order valence-corrected chi connectivity index (χ4v) is 3.83. The highest BCUT2D eigenvalue weighted by atomic mass is 19.4. The molecule has 8 heteroatoms. The van der Waals surface area contributed by atoms with Crippen molar-refractivity contribution in [1.29, 1.82) is 0 Å². The van der Waals surface area contributed by atoms with Crippen molar-refractivity contribution < 1.29 is 17.7 Å². The minimum Gasteiger partial charge on any atom is -0.338 e. The molecule has 3 rings (SSSR count). The maximum Gasteiger partial charge on any atom is 0.416 e. The number of likely N-dealkylation sites (tertiary alicyclic amines) is 1. The van der Waals surface area contributed by atoms with Gasteiger partial charge in [-0.15, -0.1) is 0 Å². The fourth-order valence-electron chi connectivity index (χ4n) is 3.83. The van der Waals surface area contributed by atoms with E-state index in [0.29, 0.717) is 30.6 Å². The van der Waals surface area contributed by atoms with Gasteiger partial charge in [-0.05, 0) is 57.3 Å². The van der Waals surface area contributed by atoms with Crippen molar-refractivity contribution in [3.8, 4) is 0 Å². The summed E-state index contributed by atoms with van der Waals surface area (Å²) >= 11 is 0. The van der Waals surface area contributed by atoms with Crippen molar-refractivity contribution in [2.45, 2.75) is 38.9 Å². The van der Waals surface area contributed by atoms with E-state index in [4.69, 9.17) is 4.52 Å². The highest BCUT2D eigenvalue weighted by molar-refractivity contribution is 5.25. The summed E-state index contributed by atoms with van der Waals surface area (Å²) in [6.07, 6.45) is -1.38. The molecule has 0 N–H and O–H groups in total. The highest BCUT2D eigenvalue weighted by Gasteiger charge is 2.30. The molecule has 0 radical (unpaired) electrons. The lowest BCUT2D eigenvalue weighted by atomic mass is 9.97. The Morgan fingerprint density at radius 3 is 2.86 bits per heavy atom. The summed E-state index contributed by atoms with van der Waals surface area (Å²) in [4.78, 5) is 8.78. The van der Waals surface area contributed by atoms with Gasteiger partial charge in [-0.2, -0.15) is 18.2 Å². The lowest BCUT2D eigenvalue weighted by Crippen LogP contribution is -2.40. The second-order valence-corrected chi connectivity index (χ2v) is 7.69. The SMILES string of the molecule is Cc1noc(CN(C)CC2CCCN(CCc3cccc(C(F)(F)F)c3)C2)n1. The van der Waals surface area contributed by atoms with Gasteiger partial charge < -0.3 is 9.42 Å². The van der Waals surface area contributed by atoms with Gasteiger partial charge in [-0.3, -0.25) is 4.90 Å². The zero-order valence-electron chi connectivity index (χ0n) is 16.4. The molecule has 1 saturated heterocycles. The molecule has 1 fully saturated rings. The van der Waals surface area contributed by atoms with Crippen LogP contribution in [0, 0.1) is 12.8 Å². The number of alkyl halides is 3. The van der Waals surface area contributed by atoms with Gasteiger partial charge in [-0.25, -0.2) is 0 Å². The van der Waals surface area contributed by atoms with Gasteiger partial charge in [0, 0.05) is 19.6 Å². The second kappa shape index (κ2) is 9.05. The molecule has 1 aromatic carbocycles. The summed E-state index contributed by atoms with van der Waals surface area (Å²) in [6, 6.07) is 5.66. The van der Waals surface area contributed by atoms with E-state index < -0.39 is 11.7 Å². The number of rotatable bonds is 7. The van der Waals surface area contributed by atoms with Crippen LogP contribution >= 0.6 is 0 Å². The van der Waals surface area contributed by atoms with E-state index in [2.05, 4.69) is 19.9 Å². The summed E-state index contributed by atoms with van der Waals surface area (Å²) in [7, 11) is 2.04. The van der Waals surface area contributed by atoms with E-state index >= 15 is 0 Å². The Hall–Kier alpha value is -1.93. The van der Waals surface area contributed by atoms with Crippen LogP contribution in [0.2, 0.25) is 0 Å². The first-order valence-corrected chi connectivity index (χ1v) is 9.66. The first-order valence-electron chi connectivity index (χ1n) is 9.66. The van der Waals surface area contributed by atoms with Gasteiger partial charge in [0.15, 0.2) is 5.82 Å². The molecule has 2 aromatic rings. The fraction of sp³-hybridized carbons (Fsp3) is 0.600. The third kappa shape index (κ3) is 6.04. The van der Waals surface area contributed by atoms with E-state index in [1.54, 1.807) is 13.0 Å². The van der Waals surface area contributed by atoms with Crippen LogP contribution in [0.25, 0.3) is 0 Å². The Labute approximate surface area is 163 Å². The molecule has 0 aliphatic carbocycles. The average Bonchev–Trinajstić information content (AvgIpc) is 3.04. The van der Waals surface area contributed by atoms with Crippen LogP contribution in [0.3, 0.4) is 0 Å². The minimum atomic E-state index is -4.28. The predicted octanol–water partition coefficient (Wildman–Crippen LogP) is 3.78. The van der Waals surface area contributed by atoms with Gasteiger partial charge in [0.05, 0.1) is 12.1 Å². The molecular weight excluding hydrogens is 369 g/mol. The monoisotopic (exact) mass is 396 g/mol. The number of benzene rings is 1. The summed E-state index contributed by atoms with van der Waals surface area (Å²) < 4.78 is 43.8. The molecule has 1 aromatic heterocycles. The number of aryl methyl sites for hydroxylation is 1. The molecule has 28 heavy (non-hydrogen) atoms. The Balaban J connectivity index is 1.47. The van der Waals surface area contributed by atoms with E-state index in [1.165, 1.54) is 12.1 Å². The number of nitrogens with zero attached hydrogens (tertiary/aromatic N) is 4. The van der Waals surface area contributed by atoms with E-state index in [0.717, 1.165) is 50.7 Å². The molecule has 0 saturated carbocycles. The van der Waals surface area contributed by atoms with E-state index in [9.17, 15) is 13.2 Å². The standard InChI is InChI=1S/C20H27F3N4O/c1-15-24-19(28-25-15)14-26(2)12-17-6-4-9-27(13-17)10-8-16-5-3-7-18(11-16)20(21,22)23/h3,5,7,11,17H,4,6,8-10,12-14H2,1-2H3. The molecule has 1 aliphatic heterocycles. The van der Waals surface area contributed by atoms with Gasteiger partial charge in [0.2, 0.25) is 5.89 Å². The zero-order valence-corrected chi connectivity index (χ0v) is 16.4. The third-order valence-corrected chi connectivity index (χ3v) is 5.12. The summed E-state index contributed by atoms with van der Waals surface area (Å²) in [5.74, 6) is 1.79. The van der Waals surface area contributed by atoms with Gasteiger partial charge >= 0.3 is 6.18 Å². The van der Waals surface area contributed by atoms with Crippen molar-refractivity contribution >= 4 is 0 Å². The normalized spacial score (nSPS) is 18.7. The predicted molar refractivity (Wildman–Crippen MR) is 99.7 cm³/mol. The number of aromatic nitrogens is 2. The zero-order chi connectivity index (χ0) is 20.1. The second-order valence-electron chi connectivity index (χ2n) is 7.69. The van der Waals surface area contributed by atoms with Crippen LogP contribution in [0.1, 0.15) is 35.7 Å². The van der Waals surface area contributed by atoms with Gasteiger partial charge in [-0.1, -0.05) is 23.4 Å². The molecule has 154 valence electrons. The van der Waals surface area contributed by atoms with E-state index in [1.807, 2.05) is 7.05 Å². The smallest absolute Gasteiger partial charge is 0.338 e. The Morgan fingerprint density at radius 2 is 2.14 bits per heavy atom. The number of hydrogen-bond donors (Lipinski definition) is 0. The van der Waals surface area contributed by atoms with E-state index in [-0.39, 0.29) is 0 Å². The molecule has 0 amide bonds. The molecule has 1 atom stereocenters. The maximum atomic E-state index is 12.9. The van der Waals surface area contributed by atoms with Crippen LogP contribution < -0.4 is 0 Å². The summed E-state index contributed by atoms with van der Waals surface area (Å²) in [5.41, 5.74) is 0.167. The summed E-state index contributed by atoms with van der Waals surface area (Å²) in [5, 5.41) is 3.81. The van der Waals surface area contributed by atoms with Gasteiger partial charge in [0.1, 0.15) is 0 Å². The first kappa shape index (κ1) is 20.8. The number of hydrogen-bond acceptors (Lipinski definition) is 5. The summed E-state index contributed by atoms with van der Waals surface area (Å²) in [6.45, 7) is 6.11. The number of piperidine rings is 1. The van der Waals surface area contributed by atoms with Crippen LogP contribution in [-0.2, 0) is 19.1 Å². The van der Waals surface area contributed by atoms with Gasteiger partial charge in [0.25, 0.3) is 0 Å². The molecular formula is C20H27F3N4O. The molecule has 2 heterocycles. The van der Waals surface area contributed by atoms with Crippen molar-refractivity contribution in [3.05, 3.63) is 47.1 Å². The van der Waals surface area contributed by atoms with Crippen molar-refractivity contribution in [1.82, 2.24) is 19.9 Å². The molecule has 1 unspecified atom stereocenters. The molecule has 5 nitrogen and oxygen atoms in total. The number of halogens is 3. The quantitative estimate of drug-likeness (QED) is 0.713. The Bertz CT molecular complexity index is 762. The van der Waals surface area contributed by atoms with Crippen LogP contribution in [0.5, 0.6) is 0 Å². The topological polar surface area (TPSA) is 45.4 Å². The highest BCUT2D eigenvalue weighted by Crippen LogP contribution is 2.29. The Morgan fingerprint density at radius 1 is 1.32 bits per heavy atom. The maximum absolute atomic E-state index is 12.9. The van der Waals surface area contributed by atoms with Crippen LogP contribution in [0.4, 0.5) is 13.2 Å². The lowest BCUT2D eigenvalue weighted by molar-refractivity contribution is -0.137. The van der Waals surface area contributed by atoms with Crippen molar-refractivity contribution in [2.75, 3.05) is 33.2 Å². The largest absolute Gasteiger partial charge is 0.416 e. The van der Waals surface area contributed by atoms with Crippen molar-refractivity contribution in [2.24, 2.45) is 5.92 Å². The average molecular weight is 396 g/mol. The first-order chi connectivity index (χ1) is 13.3. The lowest BCUT2D eigenvalue weighted by Gasteiger charge is -2.34. The minimum absolute atomic E-state index is 0.532. The molecule has 0 bridgehead atoms. The molecule has 1 aliphatic rings. The van der Waals surface area contributed by atoms with Crippen LogP contribution in [0.15, 0.2) is 28.8 Å². The molecule has 0 spiro atoms. The third-order valence-electron chi connectivity index (χ3n) is 5.12.